The Balaban J connectivity index is 1.41. The number of nitrogens with zero attached hydrogens (tertiary/aromatic N) is 1. The van der Waals surface area contributed by atoms with Crippen molar-refractivity contribution in [2.45, 2.75) is 25.7 Å². The van der Waals surface area contributed by atoms with Crippen molar-refractivity contribution < 1.29 is 34.1 Å². The van der Waals surface area contributed by atoms with Gasteiger partial charge in [0.2, 0.25) is 0 Å². The number of carbonyl (C=O) groups is 3. The molecule has 0 aliphatic rings. The predicted molar refractivity (Wildman–Crippen MR) is 153 cm³/mol. The molecule has 0 amide bonds. The molecule has 0 aliphatic heterocycles. The number of aryl methyl sites for hydroxylation is 1. The van der Waals surface area contributed by atoms with E-state index < -0.39 is 17.7 Å². The average Bonchev–Trinajstić information content (AvgIpc) is 3.26. The van der Waals surface area contributed by atoms with Crippen LogP contribution < -0.4 is 9.47 Å². The Morgan fingerprint density at radius 2 is 1.43 bits per heavy atom. The molecular weight excluding hydrogens is 510 g/mol. The Morgan fingerprint density at radius 3 is 2.05 bits per heavy atom. The SMILES string of the molecule is Cn1c(C(=O)O)c(C(=O)CCC(=O)O)c2cccc(C=Cc3ccc(OCCCCOc4ccccc4)cc3)c21. The lowest BCUT2D eigenvalue weighted by Gasteiger charge is -2.08. The zero-order valence-electron chi connectivity index (χ0n) is 22.2. The number of carboxylic acid groups (broad SMARTS) is 2. The number of rotatable bonds is 14. The second-order valence-corrected chi connectivity index (χ2v) is 9.27. The van der Waals surface area contributed by atoms with E-state index in [4.69, 9.17) is 14.6 Å². The first-order valence-electron chi connectivity index (χ1n) is 13.0. The predicted octanol–water partition coefficient (Wildman–Crippen LogP) is 6.33. The van der Waals surface area contributed by atoms with Crippen LogP contribution in [0.4, 0.5) is 0 Å². The molecule has 0 unspecified atom stereocenters. The topological polar surface area (TPSA) is 115 Å². The van der Waals surface area contributed by atoms with E-state index in [9.17, 15) is 19.5 Å². The molecule has 8 nitrogen and oxygen atoms in total. The van der Waals surface area contributed by atoms with E-state index in [1.807, 2.05) is 72.8 Å². The number of carboxylic acids is 2. The number of carbonyl (C=O) groups excluding carboxylic acids is 1. The first-order chi connectivity index (χ1) is 19.3. The molecule has 4 rings (SSSR count). The summed E-state index contributed by atoms with van der Waals surface area (Å²) in [6, 6.07) is 22.6. The van der Waals surface area contributed by atoms with Crippen molar-refractivity contribution in [3.63, 3.8) is 0 Å². The van der Waals surface area contributed by atoms with Gasteiger partial charge in [-0.1, -0.05) is 60.7 Å². The van der Waals surface area contributed by atoms with Crippen molar-refractivity contribution in [2.24, 2.45) is 7.05 Å². The molecule has 2 N–H and O–H groups in total. The van der Waals surface area contributed by atoms with Crippen molar-refractivity contribution in [3.8, 4) is 11.5 Å². The maximum absolute atomic E-state index is 12.8. The Labute approximate surface area is 232 Å². The van der Waals surface area contributed by atoms with Crippen molar-refractivity contribution in [2.75, 3.05) is 13.2 Å². The number of fused-ring (bicyclic) bond motifs is 1. The van der Waals surface area contributed by atoms with Gasteiger partial charge in [-0.15, -0.1) is 0 Å². The fourth-order valence-electron chi connectivity index (χ4n) is 4.52. The molecule has 0 aliphatic carbocycles. The van der Waals surface area contributed by atoms with Crippen molar-refractivity contribution in [3.05, 3.63) is 95.2 Å². The van der Waals surface area contributed by atoms with Gasteiger partial charge in [-0.25, -0.2) is 4.79 Å². The number of Topliss-reactive ketones (excluding diaryl/α,β-unsaturated/α-hetero) is 1. The van der Waals surface area contributed by atoms with E-state index in [0.29, 0.717) is 24.1 Å². The van der Waals surface area contributed by atoms with Gasteiger partial charge in [0.25, 0.3) is 0 Å². The van der Waals surface area contributed by atoms with E-state index in [1.54, 1.807) is 19.2 Å². The number of hydrogen-bond acceptors (Lipinski definition) is 5. The van der Waals surface area contributed by atoms with Crippen LogP contribution in [0.2, 0.25) is 0 Å². The molecule has 40 heavy (non-hydrogen) atoms. The minimum Gasteiger partial charge on any atom is -0.494 e. The van der Waals surface area contributed by atoms with Crippen LogP contribution >= 0.6 is 0 Å². The van der Waals surface area contributed by atoms with E-state index in [2.05, 4.69) is 0 Å². The van der Waals surface area contributed by atoms with Gasteiger partial charge in [-0.2, -0.15) is 0 Å². The Bertz CT molecular complexity index is 1520. The van der Waals surface area contributed by atoms with Crippen LogP contribution in [0, 0.1) is 0 Å². The summed E-state index contributed by atoms with van der Waals surface area (Å²) in [5.41, 5.74) is 2.13. The number of aromatic carboxylic acids is 1. The third-order valence-corrected chi connectivity index (χ3v) is 6.45. The number of aliphatic carboxylic acids is 1. The number of hydrogen-bond donors (Lipinski definition) is 2. The van der Waals surface area contributed by atoms with Gasteiger partial charge >= 0.3 is 11.9 Å². The Hall–Kier alpha value is -4.85. The smallest absolute Gasteiger partial charge is 0.353 e. The van der Waals surface area contributed by atoms with Crippen molar-refractivity contribution in [1.29, 1.82) is 0 Å². The molecular formula is C32H31NO7. The van der Waals surface area contributed by atoms with Crippen LogP contribution in [-0.2, 0) is 11.8 Å². The molecule has 0 spiro atoms. The maximum Gasteiger partial charge on any atom is 0.353 e. The van der Waals surface area contributed by atoms with E-state index in [0.717, 1.165) is 35.5 Å². The largest absolute Gasteiger partial charge is 0.494 e. The lowest BCUT2D eigenvalue weighted by Crippen LogP contribution is -2.12. The zero-order chi connectivity index (χ0) is 28.5. The highest BCUT2D eigenvalue weighted by molar-refractivity contribution is 6.16. The molecule has 0 atom stereocenters. The van der Waals surface area contributed by atoms with E-state index in [1.165, 1.54) is 4.57 Å². The third kappa shape index (κ3) is 6.96. The summed E-state index contributed by atoms with van der Waals surface area (Å²) < 4.78 is 13.0. The fourth-order valence-corrected chi connectivity index (χ4v) is 4.52. The lowest BCUT2D eigenvalue weighted by molar-refractivity contribution is -0.136. The van der Waals surface area contributed by atoms with Crippen LogP contribution in [0.15, 0.2) is 72.8 Å². The Morgan fingerprint density at radius 1 is 0.775 bits per heavy atom. The highest BCUT2D eigenvalue weighted by Gasteiger charge is 2.26. The van der Waals surface area contributed by atoms with E-state index in [-0.39, 0.29) is 24.1 Å². The number of ketones is 1. The molecule has 0 saturated carbocycles. The van der Waals surface area contributed by atoms with Crippen LogP contribution in [0.25, 0.3) is 23.1 Å². The molecule has 1 heterocycles. The monoisotopic (exact) mass is 541 g/mol. The molecule has 4 aromatic rings. The maximum atomic E-state index is 12.8. The molecule has 8 heteroatoms. The lowest BCUT2D eigenvalue weighted by atomic mass is 10.0. The minimum atomic E-state index is -1.24. The van der Waals surface area contributed by atoms with Gasteiger partial charge in [0.15, 0.2) is 5.78 Å². The summed E-state index contributed by atoms with van der Waals surface area (Å²) in [4.78, 5) is 35.8. The number of aromatic nitrogens is 1. The molecule has 3 aromatic carbocycles. The van der Waals surface area contributed by atoms with Gasteiger partial charge in [-0.05, 0) is 48.2 Å². The average molecular weight is 542 g/mol. The van der Waals surface area contributed by atoms with Crippen molar-refractivity contribution >= 4 is 40.8 Å². The highest BCUT2D eigenvalue weighted by atomic mass is 16.5. The minimum absolute atomic E-state index is 0.0367. The Kier molecular flexibility index (Phi) is 9.35. The van der Waals surface area contributed by atoms with Gasteiger partial charge in [0.1, 0.15) is 17.2 Å². The molecule has 0 saturated heterocycles. The quantitative estimate of drug-likeness (QED) is 0.109. The molecule has 0 fully saturated rings. The molecule has 206 valence electrons. The normalized spacial score (nSPS) is 11.1. The van der Waals surface area contributed by atoms with Gasteiger partial charge < -0.3 is 24.3 Å². The van der Waals surface area contributed by atoms with E-state index >= 15 is 0 Å². The summed E-state index contributed by atoms with van der Waals surface area (Å²) in [5.74, 6) is -1.24. The fraction of sp³-hybridized carbons (Fsp3) is 0.219. The van der Waals surface area contributed by atoms with Gasteiger partial charge in [0, 0.05) is 18.9 Å². The first-order valence-corrected chi connectivity index (χ1v) is 13.0. The highest BCUT2D eigenvalue weighted by Crippen LogP contribution is 2.31. The summed E-state index contributed by atoms with van der Waals surface area (Å²) in [6.45, 7) is 1.22. The third-order valence-electron chi connectivity index (χ3n) is 6.45. The second kappa shape index (κ2) is 13.3. The van der Waals surface area contributed by atoms with Gasteiger partial charge in [0.05, 0.1) is 30.7 Å². The number of benzene rings is 3. The standard InChI is InChI=1S/C32H31NO7/c1-33-30-23(8-7-11-26(30)29(31(33)32(37)38)27(34)18-19-28(35)36)15-12-22-13-16-25(17-14-22)40-21-6-5-20-39-24-9-3-2-4-10-24/h2-4,7-17H,5-6,18-21H2,1H3,(H,35,36)(H,37,38). The summed E-state index contributed by atoms with van der Waals surface area (Å²) in [7, 11) is 1.59. The zero-order valence-corrected chi connectivity index (χ0v) is 22.2. The summed E-state index contributed by atoms with van der Waals surface area (Å²) in [5, 5.41) is 19.3. The number of unbranched alkanes of at least 4 members (excludes halogenated alkanes) is 1. The number of para-hydroxylation sites is 2. The summed E-state index contributed by atoms with van der Waals surface area (Å²) in [6.07, 6.45) is 4.88. The van der Waals surface area contributed by atoms with Crippen LogP contribution in [-0.4, -0.2) is 45.7 Å². The number of ether oxygens (including phenoxy) is 2. The van der Waals surface area contributed by atoms with Gasteiger partial charge in [-0.3, -0.25) is 9.59 Å². The van der Waals surface area contributed by atoms with Crippen molar-refractivity contribution in [1.82, 2.24) is 4.57 Å². The van der Waals surface area contributed by atoms with Crippen LogP contribution in [0.5, 0.6) is 11.5 Å². The second-order valence-electron chi connectivity index (χ2n) is 9.27. The summed E-state index contributed by atoms with van der Waals surface area (Å²) >= 11 is 0. The molecule has 1 aromatic heterocycles. The molecule has 0 radical (unpaired) electrons. The van der Waals surface area contributed by atoms with Crippen LogP contribution in [0.1, 0.15) is 57.7 Å². The molecule has 0 bridgehead atoms. The van der Waals surface area contributed by atoms with Crippen LogP contribution in [0.3, 0.4) is 0 Å². The first kappa shape index (κ1) is 28.2.